The molecule has 2 atom stereocenters. The van der Waals surface area contributed by atoms with E-state index in [0.29, 0.717) is 11.8 Å². The number of rotatable bonds is 4. The van der Waals surface area contributed by atoms with Crippen molar-refractivity contribution in [2.24, 2.45) is 11.8 Å². The van der Waals surface area contributed by atoms with Crippen molar-refractivity contribution >= 4 is 17.4 Å². The van der Waals surface area contributed by atoms with Gasteiger partial charge in [0.25, 0.3) is 0 Å². The summed E-state index contributed by atoms with van der Waals surface area (Å²) in [6.45, 7) is 7.63. The smallest absolute Gasteiger partial charge is 0.147 e. The van der Waals surface area contributed by atoms with Crippen LogP contribution in [0.3, 0.4) is 0 Å². The van der Waals surface area contributed by atoms with E-state index >= 15 is 0 Å². The minimum atomic E-state index is 0.716. The maximum Gasteiger partial charge on any atom is 0.147 e. The molecule has 0 spiro atoms. The summed E-state index contributed by atoms with van der Waals surface area (Å²) < 4.78 is 0. The summed E-state index contributed by atoms with van der Waals surface area (Å²) >= 11 is 6.46. The van der Waals surface area contributed by atoms with E-state index in [1.165, 1.54) is 24.8 Å². The van der Waals surface area contributed by atoms with E-state index in [0.717, 1.165) is 36.5 Å². The van der Waals surface area contributed by atoms with Crippen LogP contribution >= 0.6 is 11.6 Å². The number of hydrogen-bond acceptors (Lipinski definition) is 3. The van der Waals surface area contributed by atoms with E-state index in [1.54, 1.807) is 0 Å². The molecule has 0 aromatic carbocycles. The Morgan fingerprint density at radius 1 is 1.30 bits per heavy atom. The van der Waals surface area contributed by atoms with Crippen LogP contribution < -0.4 is 10.2 Å². The SMILES string of the molecule is CC1CC(C)CN(c2ncc(CNC3CC3)cc2Cl)C1. The van der Waals surface area contributed by atoms with Crippen LogP contribution in [0.5, 0.6) is 0 Å². The number of hydrogen-bond donors (Lipinski definition) is 1. The number of nitrogens with zero attached hydrogens (tertiary/aromatic N) is 2. The predicted octanol–water partition coefficient (Wildman–Crippen LogP) is 3.47. The lowest BCUT2D eigenvalue weighted by atomic mass is 9.92. The number of nitrogens with one attached hydrogen (secondary N) is 1. The Morgan fingerprint density at radius 2 is 2.00 bits per heavy atom. The maximum absolute atomic E-state index is 6.46. The molecule has 1 aliphatic carbocycles. The minimum Gasteiger partial charge on any atom is -0.355 e. The van der Waals surface area contributed by atoms with Crippen LogP contribution in [0.15, 0.2) is 12.3 Å². The number of aromatic nitrogens is 1. The molecule has 1 aromatic rings. The fourth-order valence-corrected chi connectivity index (χ4v) is 3.49. The summed E-state index contributed by atoms with van der Waals surface area (Å²) in [4.78, 5) is 6.97. The summed E-state index contributed by atoms with van der Waals surface area (Å²) in [7, 11) is 0. The first kappa shape index (κ1) is 14.2. The zero-order chi connectivity index (χ0) is 14.1. The fraction of sp³-hybridized carbons (Fsp3) is 0.688. The molecule has 0 bridgehead atoms. The molecule has 1 saturated carbocycles. The van der Waals surface area contributed by atoms with Gasteiger partial charge in [-0.1, -0.05) is 25.4 Å². The Hall–Kier alpha value is -0.800. The molecule has 3 nitrogen and oxygen atoms in total. The molecule has 1 aromatic heterocycles. The van der Waals surface area contributed by atoms with Crippen molar-refractivity contribution in [3.05, 3.63) is 22.8 Å². The zero-order valence-corrected chi connectivity index (χ0v) is 13.2. The minimum absolute atomic E-state index is 0.716. The van der Waals surface area contributed by atoms with Crippen molar-refractivity contribution in [1.82, 2.24) is 10.3 Å². The highest BCUT2D eigenvalue weighted by Gasteiger charge is 2.24. The van der Waals surface area contributed by atoms with Crippen molar-refractivity contribution in [3.8, 4) is 0 Å². The molecule has 2 fully saturated rings. The van der Waals surface area contributed by atoms with Crippen molar-refractivity contribution < 1.29 is 0 Å². The topological polar surface area (TPSA) is 28.2 Å². The lowest BCUT2D eigenvalue weighted by Crippen LogP contribution is -2.39. The van der Waals surface area contributed by atoms with Gasteiger partial charge in [0.1, 0.15) is 5.82 Å². The molecule has 0 radical (unpaired) electrons. The summed E-state index contributed by atoms with van der Waals surface area (Å²) in [6.07, 6.45) is 5.89. The molecule has 110 valence electrons. The third kappa shape index (κ3) is 3.44. The van der Waals surface area contributed by atoms with Gasteiger partial charge < -0.3 is 10.2 Å². The molecular weight excluding hydrogens is 270 g/mol. The van der Waals surface area contributed by atoms with E-state index in [1.807, 2.05) is 6.20 Å². The van der Waals surface area contributed by atoms with Crippen LogP contribution in [0, 0.1) is 11.8 Å². The van der Waals surface area contributed by atoms with E-state index < -0.39 is 0 Å². The molecule has 3 rings (SSSR count). The summed E-state index contributed by atoms with van der Waals surface area (Å²) in [5, 5.41) is 4.29. The molecule has 20 heavy (non-hydrogen) atoms. The van der Waals surface area contributed by atoms with E-state index in [9.17, 15) is 0 Å². The van der Waals surface area contributed by atoms with Gasteiger partial charge in [-0.3, -0.25) is 0 Å². The predicted molar refractivity (Wildman–Crippen MR) is 84.3 cm³/mol. The zero-order valence-electron chi connectivity index (χ0n) is 12.4. The third-order valence-corrected chi connectivity index (χ3v) is 4.50. The Morgan fingerprint density at radius 3 is 2.60 bits per heavy atom. The first-order chi connectivity index (χ1) is 9.61. The molecule has 1 N–H and O–H groups in total. The van der Waals surface area contributed by atoms with Crippen LogP contribution in [0.1, 0.15) is 38.7 Å². The van der Waals surface area contributed by atoms with Gasteiger partial charge in [-0.2, -0.15) is 0 Å². The van der Waals surface area contributed by atoms with E-state index in [4.69, 9.17) is 11.6 Å². The molecule has 1 aliphatic heterocycles. The first-order valence-electron chi connectivity index (χ1n) is 7.74. The first-order valence-corrected chi connectivity index (χ1v) is 8.12. The normalized spacial score (nSPS) is 26.9. The highest BCUT2D eigenvalue weighted by molar-refractivity contribution is 6.33. The second kappa shape index (κ2) is 5.90. The quantitative estimate of drug-likeness (QED) is 0.921. The third-order valence-electron chi connectivity index (χ3n) is 4.22. The van der Waals surface area contributed by atoms with Crippen molar-refractivity contribution in [3.63, 3.8) is 0 Å². The highest BCUT2D eigenvalue weighted by Crippen LogP contribution is 2.30. The van der Waals surface area contributed by atoms with Gasteiger partial charge in [-0.05, 0) is 42.7 Å². The molecule has 2 heterocycles. The molecular formula is C16H24ClN3. The second-order valence-electron chi connectivity index (χ2n) is 6.66. The van der Waals surface area contributed by atoms with Crippen LogP contribution in [-0.2, 0) is 6.54 Å². The van der Waals surface area contributed by atoms with Gasteiger partial charge in [0, 0.05) is 31.9 Å². The lowest BCUT2D eigenvalue weighted by Gasteiger charge is -2.36. The van der Waals surface area contributed by atoms with Gasteiger partial charge in [0.05, 0.1) is 5.02 Å². The second-order valence-corrected chi connectivity index (χ2v) is 7.06. The Kier molecular flexibility index (Phi) is 4.18. The van der Waals surface area contributed by atoms with Crippen LogP contribution in [-0.4, -0.2) is 24.1 Å². The number of anilines is 1. The van der Waals surface area contributed by atoms with Gasteiger partial charge in [0.2, 0.25) is 0 Å². The highest BCUT2D eigenvalue weighted by atomic mass is 35.5. The van der Waals surface area contributed by atoms with Crippen LogP contribution in [0.25, 0.3) is 0 Å². The molecule has 2 aliphatic rings. The molecule has 0 amide bonds. The van der Waals surface area contributed by atoms with Crippen LogP contribution in [0.4, 0.5) is 5.82 Å². The van der Waals surface area contributed by atoms with Crippen molar-refractivity contribution in [1.29, 1.82) is 0 Å². The van der Waals surface area contributed by atoms with E-state index in [2.05, 4.69) is 35.1 Å². The van der Waals surface area contributed by atoms with Crippen LogP contribution in [0.2, 0.25) is 5.02 Å². The van der Waals surface area contributed by atoms with Crippen molar-refractivity contribution in [2.75, 3.05) is 18.0 Å². The van der Waals surface area contributed by atoms with E-state index in [-0.39, 0.29) is 0 Å². The van der Waals surface area contributed by atoms with Gasteiger partial charge >= 0.3 is 0 Å². The molecule has 4 heteroatoms. The molecule has 1 saturated heterocycles. The van der Waals surface area contributed by atoms with Gasteiger partial charge in [-0.25, -0.2) is 4.98 Å². The Balaban J connectivity index is 1.69. The maximum atomic E-state index is 6.46. The number of halogens is 1. The largest absolute Gasteiger partial charge is 0.355 e. The fourth-order valence-electron chi connectivity index (χ4n) is 3.19. The Bertz CT molecular complexity index is 463. The summed E-state index contributed by atoms with van der Waals surface area (Å²) in [6, 6.07) is 2.79. The summed E-state index contributed by atoms with van der Waals surface area (Å²) in [5.41, 5.74) is 1.18. The van der Waals surface area contributed by atoms with Gasteiger partial charge in [-0.15, -0.1) is 0 Å². The van der Waals surface area contributed by atoms with Gasteiger partial charge in [0.15, 0.2) is 0 Å². The monoisotopic (exact) mass is 293 g/mol. The van der Waals surface area contributed by atoms with Crippen molar-refractivity contribution in [2.45, 2.75) is 45.7 Å². The lowest BCUT2D eigenvalue weighted by molar-refractivity contribution is 0.355. The summed E-state index contributed by atoms with van der Waals surface area (Å²) in [5.74, 6) is 2.39. The number of piperidine rings is 1. The Labute approximate surface area is 126 Å². The average Bonchev–Trinajstić information content (AvgIpc) is 3.19. The average molecular weight is 294 g/mol. The molecule has 2 unspecified atom stereocenters. The number of pyridine rings is 1. The standard InChI is InChI=1S/C16H24ClN3/c1-11-5-12(2)10-20(9-11)16-15(17)6-13(8-19-16)7-18-14-3-4-14/h6,8,11-12,14,18H,3-5,7,9-10H2,1-2H3.